The predicted molar refractivity (Wildman–Crippen MR) is 63.9 cm³/mol. The molecule has 5 heteroatoms. The van der Waals surface area contributed by atoms with Crippen LogP contribution in [-0.4, -0.2) is 15.9 Å². The first-order valence-electron chi connectivity index (χ1n) is 5.95. The van der Waals surface area contributed by atoms with Crippen molar-refractivity contribution in [1.82, 2.24) is 15.3 Å². The summed E-state index contributed by atoms with van der Waals surface area (Å²) < 4.78 is 5.13. The number of hydrogen-bond acceptors (Lipinski definition) is 4. The number of aromatic nitrogens is 2. The molecule has 0 aromatic carbocycles. The van der Waals surface area contributed by atoms with Gasteiger partial charge in [-0.05, 0) is 25.0 Å². The maximum absolute atomic E-state index is 11.8. The van der Waals surface area contributed by atoms with E-state index in [1.807, 2.05) is 6.07 Å². The third kappa shape index (κ3) is 2.40. The fourth-order valence-corrected chi connectivity index (χ4v) is 1.69. The van der Waals surface area contributed by atoms with E-state index in [2.05, 4.69) is 15.3 Å². The second kappa shape index (κ2) is 4.60. The number of carbonyl (C=O) groups excluding carboxylic acids is 1. The third-order valence-corrected chi connectivity index (χ3v) is 2.88. The highest BCUT2D eigenvalue weighted by molar-refractivity contribution is 5.93. The van der Waals surface area contributed by atoms with Gasteiger partial charge in [0.1, 0.15) is 11.6 Å². The fourth-order valence-electron chi connectivity index (χ4n) is 1.69. The van der Waals surface area contributed by atoms with Gasteiger partial charge in [-0.15, -0.1) is 0 Å². The first kappa shape index (κ1) is 11.0. The van der Waals surface area contributed by atoms with Crippen LogP contribution in [0.3, 0.4) is 0 Å². The third-order valence-electron chi connectivity index (χ3n) is 2.88. The Morgan fingerprint density at radius 2 is 2.17 bits per heavy atom. The van der Waals surface area contributed by atoms with Crippen molar-refractivity contribution in [3.05, 3.63) is 47.9 Å². The van der Waals surface area contributed by atoms with Gasteiger partial charge >= 0.3 is 0 Å². The molecule has 0 radical (unpaired) electrons. The Morgan fingerprint density at radius 1 is 1.39 bits per heavy atom. The Hall–Kier alpha value is -2.17. The number of hydrogen-bond donors (Lipinski definition) is 1. The van der Waals surface area contributed by atoms with Crippen LogP contribution in [-0.2, 0) is 6.54 Å². The summed E-state index contributed by atoms with van der Waals surface area (Å²) in [5, 5.41) is 2.75. The second-order valence-electron chi connectivity index (χ2n) is 4.37. The molecule has 3 rings (SSSR count). The van der Waals surface area contributed by atoms with E-state index < -0.39 is 0 Å². The molecule has 1 aliphatic carbocycles. The average molecular weight is 243 g/mol. The summed E-state index contributed by atoms with van der Waals surface area (Å²) in [7, 11) is 0. The lowest BCUT2D eigenvalue weighted by molar-refractivity contribution is 0.0947. The molecule has 5 nitrogen and oxygen atoms in total. The van der Waals surface area contributed by atoms with Gasteiger partial charge < -0.3 is 9.73 Å². The summed E-state index contributed by atoms with van der Waals surface area (Å²) in [6.45, 7) is 0.371. The molecule has 92 valence electrons. The van der Waals surface area contributed by atoms with Gasteiger partial charge in [0.25, 0.3) is 5.91 Å². The minimum Gasteiger partial charge on any atom is -0.467 e. The Morgan fingerprint density at radius 3 is 2.78 bits per heavy atom. The Labute approximate surface area is 104 Å². The SMILES string of the molecule is O=C(NCc1ccco1)c1cnc(C2CC2)nc1. The fraction of sp³-hybridized carbons (Fsp3) is 0.308. The topological polar surface area (TPSA) is 68.0 Å². The highest BCUT2D eigenvalue weighted by Gasteiger charge is 2.26. The zero-order valence-electron chi connectivity index (χ0n) is 9.80. The monoisotopic (exact) mass is 243 g/mol. The number of amides is 1. The van der Waals surface area contributed by atoms with Gasteiger partial charge in [-0.2, -0.15) is 0 Å². The average Bonchev–Trinajstić information content (AvgIpc) is 3.13. The standard InChI is InChI=1S/C13H13N3O2/c17-13(16-8-11-2-1-5-18-11)10-6-14-12(15-7-10)9-3-4-9/h1-2,5-7,9H,3-4,8H2,(H,16,17). The summed E-state index contributed by atoms with van der Waals surface area (Å²) in [4.78, 5) is 20.2. The highest BCUT2D eigenvalue weighted by atomic mass is 16.3. The number of rotatable bonds is 4. The zero-order chi connectivity index (χ0) is 12.4. The molecule has 1 saturated carbocycles. The highest BCUT2D eigenvalue weighted by Crippen LogP contribution is 2.37. The molecule has 0 aliphatic heterocycles. The van der Waals surface area contributed by atoms with Crippen LogP contribution in [0.2, 0.25) is 0 Å². The van der Waals surface area contributed by atoms with Crippen molar-refractivity contribution >= 4 is 5.91 Å². The van der Waals surface area contributed by atoms with Crippen molar-refractivity contribution in [1.29, 1.82) is 0 Å². The molecule has 1 amide bonds. The van der Waals surface area contributed by atoms with Crippen LogP contribution in [0.5, 0.6) is 0 Å². The second-order valence-corrected chi connectivity index (χ2v) is 4.37. The Bertz CT molecular complexity index is 530. The number of carbonyl (C=O) groups is 1. The lowest BCUT2D eigenvalue weighted by Gasteiger charge is -2.03. The van der Waals surface area contributed by atoms with Crippen LogP contribution >= 0.6 is 0 Å². The van der Waals surface area contributed by atoms with E-state index in [0.29, 0.717) is 18.0 Å². The lowest BCUT2D eigenvalue weighted by atomic mass is 10.3. The van der Waals surface area contributed by atoms with E-state index in [1.165, 1.54) is 0 Å². The molecule has 0 bridgehead atoms. The predicted octanol–water partition coefficient (Wildman–Crippen LogP) is 1.88. The molecule has 0 saturated heterocycles. The zero-order valence-corrected chi connectivity index (χ0v) is 9.80. The number of nitrogens with zero attached hydrogens (tertiary/aromatic N) is 2. The largest absolute Gasteiger partial charge is 0.467 e. The molecule has 0 unspecified atom stereocenters. The van der Waals surface area contributed by atoms with Crippen molar-refractivity contribution in [2.24, 2.45) is 0 Å². The first-order valence-corrected chi connectivity index (χ1v) is 5.95. The quantitative estimate of drug-likeness (QED) is 0.890. The van der Waals surface area contributed by atoms with Gasteiger partial charge in [0.2, 0.25) is 0 Å². The van der Waals surface area contributed by atoms with Gasteiger partial charge in [-0.3, -0.25) is 4.79 Å². The molecule has 2 aromatic heterocycles. The summed E-state index contributed by atoms with van der Waals surface area (Å²) >= 11 is 0. The number of nitrogens with one attached hydrogen (secondary N) is 1. The van der Waals surface area contributed by atoms with E-state index in [-0.39, 0.29) is 5.91 Å². The van der Waals surface area contributed by atoms with Crippen LogP contribution in [0, 0.1) is 0 Å². The van der Waals surface area contributed by atoms with Crippen molar-refractivity contribution in [2.75, 3.05) is 0 Å². The van der Waals surface area contributed by atoms with E-state index in [4.69, 9.17) is 4.42 Å². The summed E-state index contributed by atoms with van der Waals surface area (Å²) in [6, 6.07) is 3.60. The summed E-state index contributed by atoms with van der Waals surface area (Å²) in [5.74, 6) is 1.88. The molecule has 18 heavy (non-hydrogen) atoms. The molecule has 0 spiro atoms. The van der Waals surface area contributed by atoms with Gasteiger partial charge in [0.15, 0.2) is 0 Å². The van der Waals surface area contributed by atoms with Crippen LogP contribution in [0.1, 0.15) is 40.7 Å². The summed E-state index contributed by atoms with van der Waals surface area (Å²) in [6.07, 6.45) is 7.05. The Kier molecular flexibility index (Phi) is 2.80. The molecular formula is C13H13N3O2. The molecular weight excluding hydrogens is 230 g/mol. The molecule has 1 N–H and O–H groups in total. The van der Waals surface area contributed by atoms with E-state index in [9.17, 15) is 4.79 Å². The van der Waals surface area contributed by atoms with Crippen molar-refractivity contribution in [3.8, 4) is 0 Å². The minimum absolute atomic E-state index is 0.186. The van der Waals surface area contributed by atoms with Crippen LogP contribution in [0.4, 0.5) is 0 Å². The molecule has 1 aliphatic rings. The van der Waals surface area contributed by atoms with Crippen LogP contribution < -0.4 is 5.32 Å². The lowest BCUT2D eigenvalue weighted by Crippen LogP contribution is -2.23. The summed E-state index contributed by atoms with van der Waals surface area (Å²) in [5.41, 5.74) is 0.478. The van der Waals surface area contributed by atoms with Gasteiger partial charge in [0.05, 0.1) is 18.4 Å². The Balaban J connectivity index is 1.61. The van der Waals surface area contributed by atoms with Gasteiger partial charge in [-0.25, -0.2) is 9.97 Å². The minimum atomic E-state index is -0.186. The normalized spacial score (nSPS) is 14.4. The molecule has 2 heterocycles. The maximum atomic E-state index is 11.8. The van der Waals surface area contributed by atoms with Crippen molar-refractivity contribution in [3.63, 3.8) is 0 Å². The molecule has 1 fully saturated rings. The first-order chi connectivity index (χ1) is 8.83. The van der Waals surface area contributed by atoms with Gasteiger partial charge in [0, 0.05) is 18.3 Å². The van der Waals surface area contributed by atoms with Gasteiger partial charge in [-0.1, -0.05) is 0 Å². The number of furan rings is 1. The van der Waals surface area contributed by atoms with E-state index in [0.717, 1.165) is 24.4 Å². The molecule has 2 aromatic rings. The van der Waals surface area contributed by atoms with E-state index >= 15 is 0 Å². The van der Waals surface area contributed by atoms with Crippen LogP contribution in [0.15, 0.2) is 35.2 Å². The maximum Gasteiger partial charge on any atom is 0.254 e. The smallest absolute Gasteiger partial charge is 0.254 e. The van der Waals surface area contributed by atoms with E-state index in [1.54, 1.807) is 24.7 Å². The van der Waals surface area contributed by atoms with Crippen LogP contribution in [0.25, 0.3) is 0 Å². The van der Waals surface area contributed by atoms with Crippen molar-refractivity contribution in [2.45, 2.75) is 25.3 Å². The molecule has 0 atom stereocenters. The van der Waals surface area contributed by atoms with Crippen molar-refractivity contribution < 1.29 is 9.21 Å².